The highest BCUT2D eigenvalue weighted by atomic mass is 16.3. The maximum atomic E-state index is 11.6. The van der Waals surface area contributed by atoms with Crippen molar-refractivity contribution in [3.8, 4) is 5.75 Å². The highest BCUT2D eigenvalue weighted by Gasteiger charge is 2.31. The van der Waals surface area contributed by atoms with Gasteiger partial charge in [0, 0.05) is 0 Å². The van der Waals surface area contributed by atoms with Crippen molar-refractivity contribution < 1.29 is 14.5 Å². The Morgan fingerprint density at radius 3 is 2.87 bits per heavy atom. The van der Waals surface area contributed by atoms with Crippen molar-refractivity contribution in [1.82, 2.24) is 5.43 Å². The standard InChI is InChI=1S/C17H16N4O2/c1-11-6-7-12(15(22)8-11)10-21-14-5-3-2-4-13(14)19-16(21)9-17(23)20-18/h2-8,10H,9,18H2,1H3,(H,20,23)/p+1. The zero-order valence-corrected chi connectivity index (χ0v) is 12.7. The highest BCUT2D eigenvalue weighted by Crippen LogP contribution is 2.34. The van der Waals surface area contributed by atoms with Crippen molar-refractivity contribution in [3.63, 3.8) is 0 Å². The van der Waals surface area contributed by atoms with E-state index in [0.29, 0.717) is 11.4 Å². The third-order valence-corrected chi connectivity index (χ3v) is 3.60. The average Bonchev–Trinajstić information content (AvgIpc) is 2.87. The molecule has 1 amide bonds. The number of amidine groups is 1. The van der Waals surface area contributed by atoms with Gasteiger partial charge in [-0.1, -0.05) is 18.2 Å². The van der Waals surface area contributed by atoms with Crippen molar-refractivity contribution in [1.29, 1.82) is 0 Å². The first-order valence-corrected chi connectivity index (χ1v) is 7.18. The van der Waals surface area contributed by atoms with Gasteiger partial charge in [-0.25, -0.2) is 5.84 Å². The number of benzene rings is 2. The van der Waals surface area contributed by atoms with E-state index in [1.807, 2.05) is 43.3 Å². The highest BCUT2D eigenvalue weighted by molar-refractivity contribution is 6.02. The minimum Gasteiger partial charge on any atom is -0.507 e. The summed E-state index contributed by atoms with van der Waals surface area (Å²) in [5, 5.41) is 10.1. The number of rotatable bonds is 3. The Morgan fingerprint density at radius 1 is 1.35 bits per heavy atom. The number of hydrogen-bond acceptors (Lipinski definition) is 4. The van der Waals surface area contributed by atoms with Crippen LogP contribution in [0.1, 0.15) is 17.5 Å². The summed E-state index contributed by atoms with van der Waals surface area (Å²) in [5.41, 5.74) is 5.36. The molecule has 1 aliphatic heterocycles. The third kappa shape index (κ3) is 2.97. The molecule has 0 unspecified atom stereocenters. The van der Waals surface area contributed by atoms with Crippen LogP contribution < -0.4 is 11.3 Å². The van der Waals surface area contributed by atoms with E-state index in [1.54, 1.807) is 16.9 Å². The molecule has 0 radical (unpaired) electrons. The summed E-state index contributed by atoms with van der Waals surface area (Å²) in [7, 11) is 0. The van der Waals surface area contributed by atoms with Gasteiger partial charge in [0.05, 0.1) is 5.56 Å². The van der Waals surface area contributed by atoms with Crippen LogP contribution >= 0.6 is 0 Å². The van der Waals surface area contributed by atoms with Crippen LogP contribution in [-0.2, 0) is 4.79 Å². The number of nitrogens with two attached hydrogens (primary N) is 1. The number of carbonyl (C=O) groups excluding carboxylic acids is 1. The lowest BCUT2D eigenvalue weighted by atomic mass is 10.1. The Labute approximate surface area is 133 Å². The van der Waals surface area contributed by atoms with Gasteiger partial charge in [0.25, 0.3) is 0 Å². The Morgan fingerprint density at radius 2 is 2.13 bits per heavy atom. The molecule has 6 nitrogen and oxygen atoms in total. The van der Waals surface area contributed by atoms with Crippen LogP contribution in [0.4, 0.5) is 11.4 Å². The molecular formula is C17H17N4O2+. The molecule has 2 aromatic rings. The second kappa shape index (κ2) is 6.02. The van der Waals surface area contributed by atoms with Crippen LogP contribution in [0.5, 0.6) is 5.75 Å². The Kier molecular flexibility index (Phi) is 3.91. The minimum absolute atomic E-state index is 0.0499. The number of nitrogens with one attached hydrogen (secondary N) is 1. The van der Waals surface area contributed by atoms with Crippen molar-refractivity contribution in [2.24, 2.45) is 10.8 Å². The van der Waals surface area contributed by atoms with Gasteiger partial charge in [-0.05, 0) is 41.7 Å². The molecule has 0 aliphatic carbocycles. The van der Waals surface area contributed by atoms with E-state index in [0.717, 1.165) is 16.9 Å². The number of hydrogen-bond donors (Lipinski definition) is 3. The normalized spacial score (nSPS) is 14.5. The first-order chi connectivity index (χ1) is 11.1. The largest absolute Gasteiger partial charge is 0.507 e. The second-order valence-corrected chi connectivity index (χ2v) is 5.32. The smallest absolute Gasteiger partial charge is 0.314 e. The van der Waals surface area contributed by atoms with Crippen LogP contribution in [0.15, 0.2) is 47.5 Å². The predicted molar refractivity (Wildman–Crippen MR) is 88.4 cm³/mol. The van der Waals surface area contributed by atoms with Crippen LogP contribution in [0.25, 0.3) is 0 Å². The molecule has 23 heavy (non-hydrogen) atoms. The van der Waals surface area contributed by atoms with Gasteiger partial charge >= 0.3 is 5.84 Å². The molecule has 116 valence electrons. The number of fused-ring (bicyclic) bond motifs is 1. The quantitative estimate of drug-likeness (QED) is 0.350. The molecule has 2 aromatic carbocycles. The number of aryl methyl sites for hydroxylation is 1. The zero-order chi connectivity index (χ0) is 16.4. The number of para-hydroxylation sites is 2. The van der Waals surface area contributed by atoms with Crippen LogP contribution in [0.3, 0.4) is 0 Å². The molecule has 3 rings (SSSR count). The number of phenols is 1. The first kappa shape index (κ1) is 14.9. The molecule has 0 bridgehead atoms. The molecule has 4 N–H and O–H groups in total. The second-order valence-electron chi connectivity index (χ2n) is 5.32. The van der Waals surface area contributed by atoms with E-state index < -0.39 is 0 Å². The lowest BCUT2D eigenvalue weighted by Gasteiger charge is -2.04. The van der Waals surface area contributed by atoms with Gasteiger partial charge < -0.3 is 5.11 Å². The molecule has 1 aliphatic rings. The molecule has 0 fully saturated rings. The molecule has 0 spiro atoms. The number of phenolic OH excluding ortho intramolecular Hbond substituents is 1. The maximum Gasteiger partial charge on any atom is 0.314 e. The molecule has 0 atom stereocenters. The number of carbonyl (C=O) groups is 1. The van der Waals surface area contributed by atoms with Crippen LogP contribution in [-0.4, -0.2) is 27.6 Å². The Hall–Kier alpha value is -2.99. The Bertz CT molecular complexity index is 840. The molecule has 0 saturated carbocycles. The fourth-order valence-corrected chi connectivity index (χ4v) is 2.46. The van der Waals surface area contributed by atoms with Gasteiger partial charge in [0.2, 0.25) is 11.6 Å². The molecule has 1 heterocycles. The third-order valence-electron chi connectivity index (χ3n) is 3.60. The maximum absolute atomic E-state index is 11.6. The van der Waals surface area contributed by atoms with Crippen LogP contribution in [0, 0.1) is 6.92 Å². The number of aliphatic imine (C=N–C) groups is 1. The first-order valence-electron chi connectivity index (χ1n) is 7.18. The summed E-state index contributed by atoms with van der Waals surface area (Å²) >= 11 is 0. The summed E-state index contributed by atoms with van der Waals surface area (Å²) in [4.78, 5) is 16.1. The number of nitrogens with zero attached hydrogens (tertiary/aromatic N) is 2. The zero-order valence-electron chi connectivity index (χ0n) is 12.7. The number of amides is 1. The van der Waals surface area contributed by atoms with Gasteiger partial charge in [-0.3, -0.25) is 10.2 Å². The van der Waals surface area contributed by atoms with Gasteiger partial charge in [0.1, 0.15) is 18.4 Å². The van der Waals surface area contributed by atoms with E-state index >= 15 is 0 Å². The summed E-state index contributed by atoms with van der Waals surface area (Å²) in [6.45, 7) is 1.91. The predicted octanol–water partition coefficient (Wildman–Crippen LogP) is 1.89. The lowest BCUT2D eigenvalue weighted by molar-refractivity contribution is -0.296. The fraction of sp³-hybridized carbons (Fsp3) is 0.118. The van der Waals surface area contributed by atoms with Crippen molar-refractivity contribution in [3.05, 3.63) is 53.6 Å². The fourth-order valence-electron chi connectivity index (χ4n) is 2.46. The van der Waals surface area contributed by atoms with Crippen LogP contribution in [0.2, 0.25) is 0 Å². The average molecular weight is 309 g/mol. The van der Waals surface area contributed by atoms with E-state index in [9.17, 15) is 9.90 Å². The van der Waals surface area contributed by atoms with E-state index in [2.05, 4.69) is 10.4 Å². The topological polar surface area (TPSA) is 90.7 Å². The SMILES string of the molecule is Cc1ccc(C=[N+]2C(CC(=O)NN)=Nc3ccccc32)c(O)c1. The van der Waals surface area contributed by atoms with E-state index in [-0.39, 0.29) is 18.1 Å². The van der Waals surface area contributed by atoms with Gasteiger partial charge in [-0.2, -0.15) is 4.58 Å². The van der Waals surface area contributed by atoms with Gasteiger partial charge in [0.15, 0.2) is 5.69 Å². The summed E-state index contributed by atoms with van der Waals surface area (Å²) in [6, 6.07) is 13.0. The molecule has 0 aromatic heterocycles. The minimum atomic E-state index is -0.330. The monoisotopic (exact) mass is 309 g/mol. The molecular weight excluding hydrogens is 292 g/mol. The van der Waals surface area contributed by atoms with Crippen molar-refractivity contribution in [2.45, 2.75) is 13.3 Å². The number of hydrazine groups is 1. The van der Waals surface area contributed by atoms with Crippen molar-refractivity contribution in [2.75, 3.05) is 0 Å². The summed E-state index contributed by atoms with van der Waals surface area (Å²) in [5.74, 6) is 5.57. The summed E-state index contributed by atoms with van der Waals surface area (Å²) in [6.07, 6.45) is 1.82. The van der Waals surface area contributed by atoms with E-state index in [4.69, 9.17) is 5.84 Å². The van der Waals surface area contributed by atoms with Gasteiger partial charge in [-0.15, -0.1) is 0 Å². The van der Waals surface area contributed by atoms with E-state index in [1.165, 1.54) is 0 Å². The lowest BCUT2D eigenvalue weighted by Crippen LogP contribution is -2.33. The number of aromatic hydroxyl groups is 1. The van der Waals surface area contributed by atoms with Crippen molar-refractivity contribution >= 4 is 29.3 Å². The molecule has 0 saturated heterocycles. The Balaban J connectivity index is 2.07. The summed E-state index contributed by atoms with van der Waals surface area (Å²) < 4.78 is 1.80. The molecule has 6 heteroatoms.